The Morgan fingerprint density at radius 3 is 2.64 bits per heavy atom. The van der Waals surface area contributed by atoms with Crippen LogP contribution in [0.5, 0.6) is 0 Å². The second kappa shape index (κ2) is 9.44. The van der Waals surface area contributed by atoms with Gasteiger partial charge in [-0.25, -0.2) is 0 Å². The van der Waals surface area contributed by atoms with E-state index in [1.54, 1.807) is 0 Å². The first-order valence-corrected chi connectivity index (χ1v) is 4.25. The van der Waals surface area contributed by atoms with Crippen LogP contribution < -0.4 is 0 Å². The van der Waals surface area contributed by atoms with Crippen molar-refractivity contribution in [2.24, 2.45) is 0 Å². The summed E-state index contributed by atoms with van der Waals surface area (Å²) in [5, 5.41) is 0. The Balaban J connectivity index is 2.96. The van der Waals surface area contributed by atoms with Gasteiger partial charge in [0.05, 0.1) is 13.2 Å². The van der Waals surface area contributed by atoms with Crippen LogP contribution in [-0.4, -0.2) is 13.2 Å². The molecule has 0 aliphatic carbocycles. The summed E-state index contributed by atoms with van der Waals surface area (Å²) in [4.78, 5) is 0. The largest absolute Gasteiger partial charge is 0.377 e. The van der Waals surface area contributed by atoms with Gasteiger partial charge in [0, 0.05) is 0 Å². The average Bonchev–Trinajstić information content (AvgIpc) is 2.03. The molecule has 0 saturated carbocycles. The van der Waals surface area contributed by atoms with Crippen molar-refractivity contribution >= 4 is 0 Å². The maximum atomic E-state index is 5.28. The zero-order chi connectivity index (χ0) is 8.36. The van der Waals surface area contributed by atoms with Crippen LogP contribution in [0.15, 0.2) is 24.3 Å². The lowest BCUT2D eigenvalue weighted by Gasteiger charge is -1.95. The molecule has 0 aliphatic heterocycles. The monoisotopic (exact) mass is 154 g/mol. The molecule has 0 spiro atoms. The van der Waals surface area contributed by atoms with Crippen molar-refractivity contribution in [1.29, 1.82) is 0 Å². The van der Waals surface area contributed by atoms with Crippen molar-refractivity contribution in [1.82, 2.24) is 0 Å². The predicted octanol–water partition coefficient (Wildman–Crippen LogP) is 2.94. The molecule has 1 heteroatoms. The minimum Gasteiger partial charge on any atom is -0.377 e. The van der Waals surface area contributed by atoms with Gasteiger partial charge in [-0.1, -0.05) is 31.2 Å². The fraction of sp³-hybridized carbons (Fsp3) is 0.600. The van der Waals surface area contributed by atoms with E-state index in [2.05, 4.69) is 19.1 Å². The lowest BCUT2D eigenvalue weighted by atomic mass is 10.3. The van der Waals surface area contributed by atoms with Gasteiger partial charge in [-0.3, -0.25) is 0 Å². The summed E-state index contributed by atoms with van der Waals surface area (Å²) in [5.41, 5.74) is 0. The first-order chi connectivity index (χ1) is 5.41. The maximum absolute atomic E-state index is 5.28. The number of hydrogen-bond donors (Lipinski definition) is 0. The highest BCUT2D eigenvalue weighted by Gasteiger charge is 1.79. The molecule has 0 N–H and O–H groups in total. The number of hydrogen-bond acceptors (Lipinski definition) is 1. The number of ether oxygens (including phenoxy) is 1. The molecule has 0 heterocycles. The van der Waals surface area contributed by atoms with Gasteiger partial charge in [0.1, 0.15) is 0 Å². The quantitative estimate of drug-likeness (QED) is 0.422. The van der Waals surface area contributed by atoms with E-state index in [9.17, 15) is 0 Å². The summed E-state index contributed by atoms with van der Waals surface area (Å²) in [7, 11) is 0. The van der Waals surface area contributed by atoms with Crippen LogP contribution >= 0.6 is 0 Å². The smallest absolute Gasteiger partial charge is 0.0647 e. The van der Waals surface area contributed by atoms with E-state index in [0.717, 1.165) is 26.1 Å². The topological polar surface area (TPSA) is 9.23 Å². The van der Waals surface area contributed by atoms with Crippen molar-refractivity contribution in [2.75, 3.05) is 13.2 Å². The van der Waals surface area contributed by atoms with E-state index < -0.39 is 0 Å². The number of rotatable bonds is 6. The molecule has 0 aromatic rings. The standard InChI is InChI=1S/C10H18O/c1-3-5-7-8-10-11-9-6-4-2/h4-7H,3,8-10H2,1-2H3. The molecule has 0 rings (SSSR count). The molecule has 0 aliphatic rings. The molecule has 0 saturated heterocycles. The minimum absolute atomic E-state index is 0.746. The Morgan fingerprint density at radius 2 is 2.00 bits per heavy atom. The van der Waals surface area contributed by atoms with Gasteiger partial charge >= 0.3 is 0 Å². The van der Waals surface area contributed by atoms with Crippen LogP contribution in [-0.2, 0) is 4.74 Å². The van der Waals surface area contributed by atoms with E-state index in [1.807, 2.05) is 19.1 Å². The fourth-order valence-corrected chi connectivity index (χ4v) is 0.683. The Hall–Kier alpha value is -0.560. The molecule has 11 heavy (non-hydrogen) atoms. The summed E-state index contributed by atoms with van der Waals surface area (Å²) in [6.45, 7) is 5.72. The maximum Gasteiger partial charge on any atom is 0.0647 e. The Bertz CT molecular complexity index is 114. The molecular weight excluding hydrogens is 136 g/mol. The van der Waals surface area contributed by atoms with E-state index in [-0.39, 0.29) is 0 Å². The molecule has 0 fully saturated rings. The second-order valence-corrected chi connectivity index (χ2v) is 2.31. The summed E-state index contributed by atoms with van der Waals surface area (Å²) in [5.74, 6) is 0. The van der Waals surface area contributed by atoms with Gasteiger partial charge in [-0.15, -0.1) is 0 Å². The lowest BCUT2D eigenvalue weighted by molar-refractivity contribution is 0.167. The summed E-state index contributed by atoms with van der Waals surface area (Å²) in [6.07, 6.45) is 10.5. The van der Waals surface area contributed by atoms with Crippen molar-refractivity contribution in [3.8, 4) is 0 Å². The molecule has 0 amide bonds. The first kappa shape index (κ1) is 10.4. The average molecular weight is 154 g/mol. The fourth-order valence-electron chi connectivity index (χ4n) is 0.683. The third kappa shape index (κ3) is 9.44. The second-order valence-electron chi connectivity index (χ2n) is 2.31. The van der Waals surface area contributed by atoms with Crippen molar-refractivity contribution in [3.63, 3.8) is 0 Å². The van der Waals surface area contributed by atoms with Gasteiger partial charge in [-0.05, 0) is 19.8 Å². The SMILES string of the molecule is CC=CCOCCC=CCC. The molecule has 0 unspecified atom stereocenters. The number of allylic oxidation sites excluding steroid dienone is 2. The van der Waals surface area contributed by atoms with E-state index in [1.165, 1.54) is 0 Å². The van der Waals surface area contributed by atoms with Gasteiger partial charge in [0.25, 0.3) is 0 Å². The third-order valence-electron chi connectivity index (χ3n) is 1.28. The van der Waals surface area contributed by atoms with Crippen LogP contribution in [0.1, 0.15) is 26.7 Å². The zero-order valence-electron chi connectivity index (χ0n) is 7.55. The summed E-state index contributed by atoms with van der Waals surface area (Å²) >= 11 is 0. The molecule has 0 bridgehead atoms. The lowest BCUT2D eigenvalue weighted by Crippen LogP contribution is -1.91. The normalized spacial score (nSPS) is 11.8. The molecule has 0 aromatic heterocycles. The van der Waals surface area contributed by atoms with E-state index >= 15 is 0 Å². The van der Waals surface area contributed by atoms with E-state index in [4.69, 9.17) is 4.74 Å². The molecule has 0 atom stereocenters. The summed E-state index contributed by atoms with van der Waals surface area (Å²) in [6, 6.07) is 0. The molecule has 0 aromatic carbocycles. The van der Waals surface area contributed by atoms with E-state index in [0.29, 0.717) is 0 Å². The third-order valence-corrected chi connectivity index (χ3v) is 1.28. The summed E-state index contributed by atoms with van der Waals surface area (Å²) < 4.78 is 5.28. The highest BCUT2D eigenvalue weighted by Crippen LogP contribution is 1.87. The predicted molar refractivity (Wildman–Crippen MR) is 49.7 cm³/mol. The van der Waals surface area contributed by atoms with Crippen LogP contribution in [0.2, 0.25) is 0 Å². The Morgan fingerprint density at radius 1 is 1.18 bits per heavy atom. The van der Waals surface area contributed by atoms with Crippen molar-refractivity contribution in [2.45, 2.75) is 26.7 Å². The van der Waals surface area contributed by atoms with Crippen LogP contribution in [0.25, 0.3) is 0 Å². The van der Waals surface area contributed by atoms with Gasteiger partial charge in [-0.2, -0.15) is 0 Å². The van der Waals surface area contributed by atoms with Gasteiger partial charge in [0.15, 0.2) is 0 Å². The highest BCUT2D eigenvalue weighted by molar-refractivity contribution is 4.80. The van der Waals surface area contributed by atoms with Gasteiger partial charge in [0.2, 0.25) is 0 Å². The van der Waals surface area contributed by atoms with Crippen LogP contribution in [0.4, 0.5) is 0 Å². The molecule has 64 valence electrons. The molecule has 0 radical (unpaired) electrons. The Kier molecular flexibility index (Phi) is 8.96. The van der Waals surface area contributed by atoms with Crippen molar-refractivity contribution < 1.29 is 4.74 Å². The van der Waals surface area contributed by atoms with Crippen LogP contribution in [0, 0.1) is 0 Å². The molecule has 1 nitrogen and oxygen atoms in total. The minimum atomic E-state index is 0.746. The molecular formula is C10H18O. The first-order valence-electron chi connectivity index (χ1n) is 4.25. The van der Waals surface area contributed by atoms with Crippen molar-refractivity contribution in [3.05, 3.63) is 24.3 Å². The zero-order valence-corrected chi connectivity index (χ0v) is 7.55. The van der Waals surface area contributed by atoms with Gasteiger partial charge < -0.3 is 4.74 Å². The Labute approximate surface area is 69.8 Å². The highest BCUT2D eigenvalue weighted by atomic mass is 16.5. The van der Waals surface area contributed by atoms with Crippen LogP contribution in [0.3, 0.4) is 0 Å².